The van der Waals surface area contributed by atoms with E-state index in [9.17, 15) is 9.90 Å². The number of anilines is 1. The molecule has 1 saturated heterocycles. The van der Waals surface area contributed by atoms with Crippen LogP contribution in [0.1, 0.15) is 55.7 Å². The van der Waals surface area contributed by atoms with E-state index in [1.165, 1.54) is 6.07 Å². The lowest BCUT2D eigenvalue weighted by atomic mass is 9.86. The standard InChI is InChI=1S/C32H39FN6O5/c1-17-19-9-8-14-42-26(19)22(33)15-20(17)25-21-16-23(29-35-36-31(43-29)39-12-10-37(6)11-13-39)38(7)28(21)34-18(2)24(25)27(30(40)41)44-32(3,4)5/h15-16,27H,8-14H2,1-7H3,(H,40,41)/t27-/m0/s1. The lowest BCUT2D eigenvalue weighted by Gasteiger charge is -2.30. The van der Waals surface area contributed by atoms with Crippen LogP contribution < -0.4 is 9.64 Å². The number of hydrogen-bond donors (Lipinski definition) is 1. The molecule has 0 spiro atoms. The Hall–Kier alpha value is -4.03. The van der Waals surface area contributed by atoms with Gasteiger partial charge in [0.1, 0.15) is 11.3 Å². The Morgan fingerprint density at radius 3 is 2.52 bits per heavy atom. The summed E-state index contributed by atoms with van der Waals surface area (Å²) in [4.78, 5) is 22.0. The van der Waals surface area contributed by atoms with E-state index in [-0.39, 0.29) is 5.75 Å². The molecule has 0 aliphatic carbocycles. The maximum atomic E-state index is 15.7. The quantitative estimate of drug-likeness (QED) is 0.319. The van der Waals surface area contributed by atoms with Gasteiger partial charge in [-0.1, -0.05) is 5.10 Å². The first kappa shape index (κ1) is 30.0. The van der Waals surface area contributed by atoms with Crippen molar-refractivity contribution in [2.24, 2.45) is 7.05 Å². The molecule has 0 unspecified atom stereocenters. The number of aromatic nitrogens is 4. The van der Waals surface area contributed by atoms with Gasteiger partial charge in [-0.15, -0.1) is 5.10 Å². The molecule has 0 radical (unpaired) electrons. The smallest absolute Gasteiger partial charge is 0.337 e. The summed E-state index contributed by atoms with van der Waals surface area (Å²) in [7, 11) is 3.93. The van der Waals surface area contributed by atoms with E-state index >= 15 is 4.39 Å². The molecule has 2 aliphatic rings. The highest BCUT2D eigenvalue weighted by Gasteiger charge is 2.35. The predicted molar refractivity (Wildman–Crippen MR) is 164 cm³/mol. The zero-order chi connectivity index (χ0) is 31.5. The summed E-state index contributed by atoms with van der Waals surface area (Å²) in [6.45, 7) is 12.9. The predicted octanol–water partition coefficient (Wildman–Crippen LogP) is 5.06. The first-order chi connectivity index (χ1) is 20.8. The first-order valence-corrected chi connectivity index (χ1v) is 15.0. The molecule has 4 aromatic rings. The molecule has 1 aromatic carbocycles. The molecule has 1 fully saturated rings. The molecule has 1 atom stereocenters. The lowest BCUT2D eigenvalue weighted by Crippen LogP contribution is -2.44. The van der Waals surface area contributed by atoms with E-state index in [1.54, 1.807) is 27.7 Å². The normalized spacial score (nSPS) is 16.7. The van der Waals surface area contributed by atoms with E-state index in [4.69, 9.17) is 18.9 Å². The maximum absolute atomic E-state index is 15.7. The molecule has 0 amide bonds. The highest BCUT2D eigenvalue weighted by molar-refractivity contribution is 6.01. The van der Waals surface area contributed by atoms with Gasteiger partial charge in [0.05, 0.1) is 12.2 Å². The molecule has 3 aromatic heterocycles. The van der Waals surface area contributed by atoms with E-state index in [2.05, 4.69) is 27.0 Å². The fourth-order valence-corrected chi connectivity index (χ4v) is 6.22. The van der Waals surface area contributed by atoms with Crippen LogP contribution in [0.25, 0.3) is 33.7 Å². The number of halogens is 1. The van der Waals surface area contributed by atoms with Crippen LogP contribution in [0.4, 0.5) is 10.4 Å². The Morgan fingerprint density at radius 2 is 1.84 bits per heavy atom. The number of carboxylic acids is 1. The maximum Gasteiger partial charge on any atom is 0.337 e. The number of pyridine rings is 1. The van der Waals surface area contributed by atoms with Crippen molar-refractivity contribution in [2.45, 2.75) is 59.2 Å². The van der Waals surface area contributed by atoms with Crippen molar-refractivity contribution in [3.05, 3.63) is 40.3 Å². The van der Waals surface area contributed by atoms with Crippen LogP contribution in [0, 0.1) is 19.7 Å². The van der Waals surface area contributed by atoms with Crippen LogP contribution in [0.5, 0.6) is 5.75 Å². The van der Waals surface area contributed by atoms with E-state index < -0.39 is 23.5 Å². The Morgan fingerprint density at radius 1 is 1.11 bits per heavy atom. The molecule has 44 heavy (non-hydrogen) atoms. The van der Waals surface area contributed by atoms with Crippen molar-refractivity contribution >= 4 is 23.0 Å². The van der Waals surface area contributed by atoms with Crippen molar-refractivity contribution in [3.8, 4) is 28.5 Å². The fraction of sp³-hybridized carbons (Fsp3) is 0.500. The summed E-state index contributed by atoms with van der Waals surface area (Å²) in [6.07, 6.45) is 0.0704. The number of ether oxygens (including phenoxy) is 2. The third-order valence-electron chi connectivity index (χ3n) is 8.47. The summed E-state index contributed by atoms with van der Waals surface area (Å²) in [6, 6.07) is 3.75. The van der Waals surface area contributed by atoms with Gasteiger partial charge >= 0.3 is 12.0 Å². The van der Waals surface area contributed by atoms with Gasteiger partial charge in [-0.2, -0.15) is 0 Å². The van der Waals surface area contributed by atoms with E-state index in [0.717, 1.165) is 43.7 Å². The van der Waals surface area contributed by atoms with Gasteiger partial charge < -0.3 is 33.4 Å². The minimum Gasteiger partial charge on any atom is -0.490 e. The number of aryl methyl sites for hydroxylation is 2. The van der Waals surface area contributed by atoms with Crippen molar-refractivity contribution < 1.29 is 28.2 Å². The summed E-state index contributed by atoms with van der Waals surface area (Å²) >= 11 is 0. The highest BCUT2D eigenvalue weighted by atomic mass is 19.1. The van der Waals surface area contributed by atoms with Crippen LogP contribution in [0.3, 0.4) is 0 Å². The number of benzene rings is 1. The Bertz CT molecular complexity index is 1750. The largest absolute Gasteiger partial charge is 0.490 e. The molecule has 11 nitrogen and oxygen atoms in total. The zero-order valence-electron chi connectivity index (χ0n) is 26.3. The molecular formula is C32H39FN6O5. The fourth-order valence-electron chi connectivity index (χ4n) is 6.22. The average Bonchev–Trinajstić information content (AvgIpc) is 3.58. The molecule has 234 valence electrons. The van der Waals surface area contributed by atoms with Crippen molar-refractivity contribution in [1.29, 1.82) is 0 Å². The SMILES string of the molecule is Cc1nc2c(cc(-c3nnc(N4CCN(C)CC4)o3)n2C)c(-c2cc(F)c3c(c2C)CCCO3)c1[C@H](OC(C)(C)C)C(=O)O. The zero-order valence-corrected chi connectivity index (χ0v) is 26.3. The van der Waals surface area contributed by atoms with Crippen molar-refractivity contribution in [3.63, 3.8) is 0 Å². The monoisotopic (exact) mass is 606 g/mol. The summed E-state index contributed by atoms with van der Waals surface area (Å²) < 4.78 is 35.6. The van der Waals surface area contributed by atoms with Gasteiger partial charge in [-0.3, -0.25) is 0 Å². The van der Waals surface area contributed by atoms with Crippen LogP contribution >= 0.6 is 0 Å². The lowest BCUT2D eigenvalue weighted by molar-refractivity contribution is -0.160. The molecule has 6 rings (SSSR count). The number of piperazine rings is 1. The number of likely N-dealkylation sites (N-methyl/N-ethyl adjacent to an activating group) is 1. The van der Waals surface area contributed by atoms with Gasteiger partial charge in [0.2, 0.25) is 0 Å². The molecule has 12 heteroatoms. The second-order valence-corrected chi connectivity index (χ2v) is 12.7. The first-order valence-electron chi connectivity index (χ1n) is 15.0. The van der Waals surface area contributed by atoms with Gasteiger partial charge in [0, 0.05) is 61.0 Å². The second-order valence-electron chi connectivity index (χ2n) is 12.7. The number of fused-ring (bicyclic) bond motifs is 2. The van der Waals surface area contributed by atoms with Gasteiger partial charge in [-0.05, 0) is 77.8 Å². The van der Waals surface area contributed by atoms with Crippen LogP contribution in [0.2, 0.25) is 0 Å². The number of carbonyl (C=O) groups is 1. The van der Waals surface area contributed by atoms with Crippen LogP contribution in [0.15, 0.2) is 16.5 Å². The third kappa shape index (κ3) is 5.30. The summed E-state index contributed by atoms with van der Waals surface area (Å²) in [5, 5.41) is 19.8. The minimum atomic E-state index is -1.35. The number of hydrogen-bond acceptors (Lipinski definition) is 9. The van der Waals surface area contributed by atoms with Crippen molar-refractivity contribution in [2.75, 3.05) is 44.7 Å². The van der Waals surface area contributed by atoms with Gasteiger partial charge in [0.15, 0.2) is 17.7 Å². The molecule has 1 N–H and O–H groups in total. The number of nitrogens with zero attached hydrogens (tertiary/aromatic N) is 6. The van der Waals surface area contributed by atoms with Gasteiger partial charge in [0.25, 0.3) is 5.89 Å². The molecule has 0 saturated carbocycles. The Kier molecular flexibility index (Phi) is 7.61. The molecule has 2 aliphatic heterocycles. The number of carboxylic acid groups (broad SMARTS) is 1. The van der Waals surface area contributed by atoms with Crippen LogP contribution in [-0.4, -0.2) is 81.2 Å². The Labute approximate surface area is 255 Å². The average molecular weight is 607 g/mol. The van der Waals surface area contributed by atoms with Gasteiger partial charge in [-0.25, -0.2) is 14.2 Å². The summed E-state index contributed by atoms with van der Waals surface area (Å²) in [5.41, 5.74) is 3.98. The molecule has 0 bridgehead atoms. The minimum absolute atomic E-state index is 0.262. The molecular weight excluding hydrogens is 567 g/mol. The van der Waals surface area contributed by atoms with E-state index in [1.807, 2.05) is 24.6 Å². The second kappa shape index (κ2) is 11.2. The number of aliphatic carboxylic acids is 1. The highest BCUT2D eigenvalue weighted by Crippen LogP contribution is 2.45. The number of rotatable bonds is 6. The van der Waals surface area contributed by atoms with Crippen LogP contribution in [-0.2, 0) is 23.0 Å². The van der Waals surface area contributed by atoms with E-state index in [0.29, 0.717) is 64.0 Å². The topological polar surface area (TPSA) is 119 Å². The third-order valence-corrected chi connectivity index (χ3v) is 8.47. The summed E-state index contributed by atoms with van der Waals surface area (Å²) in [5.74, 6) is -1.07. The van der Waals surface area contributed by atoms with Crippen molar-refractivity contribution in [1.82, 2.24) is 24.6 Å². The Balaban J connectivity index is 1.59. The molecule has 5 heterocycles.